The van der Waals surface area contributed by atoms with E-state index in [-0.39, 0.29) is 23.8 Å². The van der Waals surface area contributed by atoms with Crippen molar-refractivity contribution in [3.8, 4) is 5.75 Å². The lowest BCUT2D eigenvalue weighted by atomic mass is 10.1. The highest BCUT2D eigenvalue weighted by Gasteiger charge is 2.12. The molecule has 0 aliphatic heterocycles. The lowest BCUT2D eigenvalue weighted by Gasteiger charge is -2.16. The molecule has 19 heavy (non-hydrogen) atoms. The molecule has 0 saturated carbocycles. The average Bonchev–Trinajstić information content (AvgIpc) is 2.34. The molecule has 5 nitrogen and oxygen atoms in total. The Bertz CT molecular complexity index is 522. The summed E-state index contributed by atoms with van der Waals surface area (Å²) in [5.74, 6) is -0.0828. The minimum atomic E-state index is -3.10. The molecular weight excluding hydrogens is 266 g/mol. The van der Waals surface area contributed by atoms with E-state index in [1.54, 1.807) is 31.3 Å². The number of amides is 1. The summed E-state index contributed by atoms with van der Waals surface area (Å²) in [6.45, 7) is 0.521. The van der Waals surface area contributed by atoms with Crippen LogP contribution in [0.3, 0.4) is 0 Å². The van der Waals surface area contributed by atoms with E-state index in [4.69, 9.17) is 5.11 Å². The van der Waals surface area contributed by atoms with E-state index >= 15 is 0 Å². The summed E-state index contributed by atoms with van der Waals surface area (Å²) in [4.78, 5) is 13.2. The molecule has 1 rings (SSSR count). The van der Waals surface area contributed by atoms with Crippen molar-refractivity contribution in [1.82, 2.24) is 4.90 Å². The third-order valence-electron chi connectivity index (χ3n) is 2.78. The number of rotatable bonds is 6. The molecule has 0 atom stereocenters. The van der Waals surface area contributed by atoms with Gasteiger partial charge in [0.15, 0.2) is 0 Å². The van der Waals surface area contributed by atoms with Crippen LogP contribution < -0.4 is 0 Å². The van der Waals surface area contributed by atoms with Crippen LogP contribution in [-0.4, -0.2) is 49.9 Å². The van der Waals surface area contributed by atoms with Gasteiger partial charge in [0.1, 0.15) is 15.6 Å². The van der Waals surface area contributed by atoms with Crippen molar-refractivity contribution >= 4 is 15.7 Å². The van der Waals surface area contributed by atoms with Crippen molar-refractivity contribution in [2.45, 2.75) is 12.8 Å². The second-order valence-electron chi connectivity index (χ2n) is 4.61. The fraction of sp³-hybridized carbons (Fsp3) is 0.462. The fourth-order valence-corrected chi connectivity index (χ4v) is 2.09. The molecule has 1 amide bonds. The number of sulfone groups is 1. The molecule has 1 aromatic rings. The van der Waals surface area contributed by atoms with Gasteiger partial charge in [0.05, 0.1) is 5.75 Å². The van der Waals surface area contributed by atoms with Gasteiger partial charge in [-0.25, -0.2) is 8.42 Å². The van der Waals surface area contributed by atoms with Gasteiger partial charge in [0.25, 0.3) is 0 Å². The van der Waals surface area contributed by atoms with Crippen LogP contribution in [0.4, 0.5) is 0 Å². The van der Waals surface area contributed by atoms with E-state index in [9.17, 15) is 13.2 Å². The molecule has 0 bridgehead atoms. The van der Waals surface area contributed by atoms with E-state index in [1.165, 1.54) is 4.90 Å². The zero-order valence-corrected chi connectivity index (χ0v) is 12.0. The Morgan fingerprint density at radius 3 is 2.37 bits per heavy atom. The second-order valence-corrected chi connectivity index (χ2v) is 6.87. The smallest absolute Gasteiger partial charge is 0.223 e. The standard InChI is InChI=1S/C13H19NO4S/c1-14(13(16)8-10-19(2,17)18)9-7-11-3-5-12(15)6-4-11/h3-6,15H,7-10H2,1-2H3. The molecule has 0 heterocycles. The van der Waals surface area contributed by atoms with Crippen LogP contribution in [0, 0.1) is 0 Å². The highest BCUT2D eigenvalue weighted by Crippen LogP contribution is 2.10. The van der Waals surface area contributed by atoms with E-state index in [2.05, 4.69) is 0 Å². The predicted octanol–water partition coefficient (Wildman–Crippen LogP) is 0.828. The Hall–Kier alpha value is -1.56. The first-order chi connectivity index (χ1) is 8.78. The molecule has 106 valence electrons. The molecule has 1 aromatic carbocycles. The molecule has 0 aliphatic carbocycles. The van der Waals surface area contributed by atoms with Gasteiger partial charge in [-0.1, -0.05) is 12.1 Å². The predicted molar refractivity (Wildman–Crippen MR) is 73.8 cm³/mol. The van der Waals surface area contributed by atoms with Crippen molar-refractivity contribution in [3.05, 3.63) is 29.8 Å². The first-order valence-corrected chi connectivity index (χ1v) is 8.03. The van der Waals surface area contributed by atoms with Gasteiger partial charge in [0.2, 0.25) is 5.91 Å². The topological polar surface area (TPSA) is 74.7 Å². The summed E-state index contributed by atoms with van der Waals surface area (Å²) in [5.41, 5.74) is 1.01. The number of carbonyl (C=O) groups is 1. The van der Waals surface area contributed by atoms with Crippen molar-refractivity contribution < 1.29 is 18.3 Å². The second kappa shape index (κ2) is 6.56. The van der Waals surface area contributed by atoms with E-state index in [0.717, 1.165) is 11.8 Å². The molecule has 0 spiro atoms. The lowest BCUT2D eigenvalue weighted by molar-refractivity contribution is -0.129. The Balaban J connectivity index is 2.40. The molecule has 0 aromatic heterocycles. The summed E-state index contributed by atoms with van der Waals surface area (Å²) in [6.07, 6.45) is 1.81. The van der Waals surface area contributed by atoms with Gasteiger partial charge in [-0.15, -0.1) is 0 Å². The van der Waals surface area contributed by atoms with Crippen molar-refractivity contribution in [2.24, 2.45) is 0 Å². The Morgan fingerprint density at radius 2 is 1.84 bits per heavy atom. The third kappa shape index (κ3) is 6.24. The number of hydrogen-bond acceptors (Lipinski definition) is 4. The van der Waals surface area contributed by atoms with Crippen LogP contribution in [0.5, 0.6) is 5.75 Å². The highest BCUT2D eigenvalue weighted by atomic mass is 32.2. The van der Waals surface area contributed by atoms with Gasteiger partial charge >= 0.3 is 0 Å². The van der Waals surface area contributed by atoms with Crippen LogP contribution in [0.25, 0.3) is 0 Å². The number of phenolic OH excluding ortho intramolecular Hbond substituents is 1. The van der Waals surface area contributed by atoms with Crippen LogP contribution >= 0.6 is 0 Å². The van der Waals surface area contributed by atoms with Gasteiger partial charge < -0.3 is 10.0 Å². The maximum Gasteiger partial charge on any atom is 0.223 e. The number of carbonyl (C=O) groups excluding carboxylic acids is 1. The molecular formula is C13H19NO4S. The lowest BCUT2D eigenvalue weighted by Crippen LogP contribution is -2.30. The van der Waals surface area contributed by atoms with Crippen LogP contribution in [0.1, 0.15) is 12.0 Å². The monoisotopic (exact) mass is 285 g/mol. The molecule has 6 heteroatoms. The number of likely N-dealkylation sites (N-methyl/N-ethyl adjacent to an activating group) is 1. The Labute approximate surface area is 113 Å². The van der Waals surface area contributed by atoms with E-state index in [0.29, 0.717) is 13.0 Å². The summed E-state index contributed by atoms with van der Waals surface area (Å²) >= 11 is 0. The first kappa shape index (κ1) is 15.5. The number of hydrogen-bond donors (Lipinski definition) is 1. The molecule has 0 saturated heterocycles. The van der Waals surface area contributed by atoms with Crippen LogP contribution in [0.2, 0.25) is 0 Å². The minimum Gasteiger partial charge on any atom is -0.508 e. The molecule has 0 fully saturated rings. The third-order valence-corrected chi connectivity index (χ3v) is 3.73. The van der Waals surface area contributed by atoms with Crippen molar-refractivity contribution in [3.63, 3.8) is 0 Å². The Kier molecular flexibility index (Phi) is 5.35. The van der Waals surface area contributed by atoms with E-state index in [1.807, 2.05) is 0 Å². The van der Waals surface area contributed by atoms with Crippen molar-refractivity contribution in [2.75, 3.05) is 25.6 Å². The van der Waals surface area contributed by atoms with Crippen LogP contribution in [-0.2, 0) is 21.1 Å². The minimum absolute atomic E-state index is 0.0188. The fourth-order valence-electron chi connectivity index (χ4n) is 1.55. The van der Waals surface area contributed by atoms with Crippen LogP contribution in [0.15, 0.2) is 24.3 Å². The number of benzene rings is 1. The summed E-state index contributed by atoms with van der Waals surface area (Å²) in [5, 5.41) is 9.15. The maximum absolute atomic E-state index is 11.7. The molecule has 0 unspecified atom stereocenters. The zero-order valence-electron chi connectivity index (χ0n) is 11.2. The quantitative estimate of drug-likeness (QED) is 0.840. The Morgan fingerprint density at radius 1 is 1.26 bits per heavy atom. The van der Waals surface area contributed by atoms with Gasteiger partial charge in [-0.3, -0.25) is 4.79 Å². The summed E-state index contributed by atoms with van der Waals surface area (Å²) < 4.78 is 22.0. The summed E-state index contributed by atoms with van der Waals surface area (Å²) in [6, 6.07) is 6.79. The number of aromatic hydroxyl groups is 1. The molecule has 1 N–H and O–H groups in total. The van der Waals surface area contributed by atoms with E-state index < -0.39 is 9.84 Å². The first-order valence-electron chi connectivity index (χ1n) is 5.97. The highest BCUT2D eigenvalue weighted by molar-refractivity contribution is 7.90. The molecule has 0 aliphatic rings. The summed E-state index contributed by atoms with van der Waals surface area (Å²) in [7, 11) is -1.44. The van der Waals surface area contributed by atoms with Gasteiger partial charge in [-0.05, 0) is 24.1 Å². The molecule has 0 radical (unpaired) electrons. The number of phenols is 1. The zero-order chi connectivity index (χ0) is 14.5. The van der Waals surface area contributed by atoms with Gasteiger partial charge in [-0.2, -0.15) is 0 Å². The SMILES string of the molecule is CN(CCc1ccc(O)cc1)C(=O)CCS(C)(=O)=O. The average molecular weight is 285 g/mol. The van der Waals surface area contributed by atoms with Crippen molar-refractivity contribution in [1.29, 1.82) is 0 Å². The largest absolute Gasteiger partial charge is 0.508 e. The van der Waals surface area contributed by atoms with Gasteiger partial charge in [0, 0.05) is 26.3 Å². The maximum atomic E-state index is 11.7. The number of nitrogens with zero attached hydrogens (tertiary/aromatic N) is 1. The normalized spacial score (nSPS) is 11.3.